The molecule has 4 nitrogen and oxygen atoms in total. The molecule has 22 heavy (non-hydrogen) atoms. The number of sulfone groups is 1. The van der Waals surface area contributed by atoms with Crippen molar-refractivity contribution in [2.45, 2.75) is 18.4 Å². The Balaban J connectivity index is 1.90. The predicted molar refractivity (Wildman–Crippen MR) is 86.2 cm³/mol. The lowest BCUT2D eigenvalue weighted by atomic mass is 10.1. The molecule has 114 valence electrons. The molecule has 0 spiro atoms. The molecular weight excluding hydrogens is 298 g/mol. The van der Waals surface area contributed by atoms with Crippen molar-refractivity contribution in [2.75, 3.05) is 6.61 Å². The lowest BCUT2D eigenvalue weighted by Gasteiger charge is -2.10. The summed E-state index contributed by atoms with van der Waals surface area (Å²) in [6, 6.07) is 12.9. The van der Waals surface area contributed by atoms with E-state index in [0.717, 1.165) is 16.9 Å². The van der Waals surface area contributed by atoms with Crippen molar-refractivity contribution >= 4 is 15.4 Å². The summed E-state index contributed by atoms with van der Waals surface area (Å²) >= 11 is 0. The maximum atomic E-state index is 12.2. The smallest absolute Gasteiger partial charge is 0.200 e. The number of para-hydroxylation sites is 1. The molecule has 1 heterocycles. The maximum Gasteiger partial charge on any atom is 0.200 e. The van der Waals surface area contributed by atoms with Gasteiger partial charge in [0.2, 0.25) is 9.84 Å². The van der Waals surface area contributed by atoms with E-state index < -0.39 is 9.84 Å². The minimum Gasteiger partial charge on any atom is -0.489 e. The van der Waals surface area contributed by atoms with Crippen molar-refractivity contribution in [3.05, 3.63) is 64.6 Å². The Kier molecular flexibility index (Phi) is 3.76. The standard InChI is InChI=1S/C17H17NO3S/c1-12-4-2-3-5-16(12)21-10-14-11-22(19,20)17-8-13(9-18)6-7-15(14)17/h2-8,11H,9-10,18H2,1H3. The maximum absolute atomic E-state index is 12.2. The van der Waals surface area contributed by atoms with Crippen LogP contribution < -0.4 is 10.5 Å². The second-order valence-electron chi connectivity index (χ2n) is 5.28. The van der Waals surface area contributed by atoms with Gasteiger partial charge in [-0.2, -0.15) is 0 Å². The number of benzene rings is 2. The molecule has 0 atom stereocenters. The van der Waals surface area contributed by atoms with Crippen molar-refractivity contribution in [3.8, 4) is 5.75 Å². The fraction of sp³-hybridized carbons (Fsp3) is 0.176. The van der Waals surface area contributed by atoms with Crippen LogP contribution in [0.2, 0.25) is 0 Å². The molecule has 0 amide bonds. The summed E-state index contributed by atoms with van der Waals surface area (Å²) in [4.78, 5) is 0.318. The second kappa shape index (κ2) is 5.59. The van der Waals surface area contributed by atoms with E-state index in [1.165, 1.54) is 5.41 Å². The fourth-order valence-electron chi connectivity index (χ4n) is 2.49. The molecular formula is C17H17NO3S. The van der Waals surface area contributed by atoms with Crippen LogP contribution in [0, 0.1) is 6.92 Å². The minimum atomic E-state index is -3.40. The van der Waals surface area contributed by atoms with Crippen LogP contribution in [0.1, 0.15) is 16.7 Å². The van der Waals surface area contributed by atoms with Crippen molar-refractivity contribution in [2.24, 2.45) is 5.73 Å². The largest absolute Gasteiger partial charge is 0.489 e. The van der Waals surface area contributed by atoms with Gasteiger partial charge < -0.3 is 10.5 Å². The molecule has 0 fully saturated rings. The number of hydrogen-bond acceptors (Lipinski definition) is 4. The third-order valence-corrected chi connectivity index (χ3v) is 5.25. The van der Waals surface area contributed by atoms with Gasteiger partial charge in [-0.05, 0) is 30.2 Å². The predicted octanol–water partition coefficient (Wildman–Crippen LogP) is 2.66. The molecule has 0 bridgehead atoms. The zero-order valence-corrected chi connectivity index (χ0v) is 13.1. The molecule has 1 aliphatic rings. The second-order valence-corrected chi connectivity index (χ2v) is 7.04. The number of aryl methyl sites for hydroxylation is 1. The number of rotatable bonds is 4. The van der Waals surface area contributed by atoms with Gasteiger partial charge in [-0.3, -0.25) is 0 Å². The number of fused-ring (bicyclic) bond motifs is 1. The summed E-state index contributed by atoms with van der Waals surface area (Å²) in [6.45, 7) is 2.49. The lowest BCUT2D eigenvalue weighted by Crippen LogP contribution is -2.02. The van der Waals surface area contributed by atoms with Gasteiger partial charge in [0.1, 0.15) is 12.4 Å². The molecule has 0 aliphatic carbocycles. The van der Waals surface area contributed by atoms with E-state index in [2.05, 4.69) is 0 Å². The lowest BCUT2D eigenvalue weighted by molar-refractivity contribution is 0.367. The summed E-state index contributed by atoms with van der Waals surface area (Å²) in [7, 11) is -3.40. The zero-order chi connectivity index (χ0) is 15.7. The SMILES string of the molecule is Cc1ccccc1OCC1=CS(=O)(=O)c2cc(CN)ccc21. The van der Waals surface area contributed by atoms with E-state index >= 15 is 0 Å². The highest BCUT2D eigenvalue weighted by Crippen LogP contribution is 2.34. The van der Waals surface area contributed by atoms with Gasteiger partial charge >= 0.3 is 0 Å². The van der Waals surface area contributed by atoms with Crippen LogP contribution in [0.5, 0.6) is 5.75 Å². The zero-order valence-electron chi connectivity index (χ0n) is 12.2. The summed E-state index contributed by atoms with van der Waals surface area (Å²) in [5.74, 6) is 0.757. The molecule has 2 N–H and O–H groups in total. The highest BCUT2D eigenvalue weighted by molar-refractivity contribution is 7.95. The van der Waals surface area contributed by atoms with Gasteiger partial charge in [-0.15, -0.1) is 0 Å². The fourth-order valence-corrected chi connectivity index (χ4v) is 4.01. The first kappa shape index (κ1) is 14.8. The van der Waals surface area contributed by atoms with E-state index in [-0.39, 0.29) is 6.61 Å². The van der Waals surface area contributed by atoms with Crippen molar-refractivity contribution in [3.63, 3.8) is 0 Å². The summed E-state index contributed by atoms with van der Waals surface area (Å²) < 4.78 is 30.2. The quantitative estimate of drug-likeness (QED) is 0.941. The van der Waals surface area contributed by atoms with Crippen LogP contribution in [-0.4, -0.2) is 15.0 Å². The van der Waals surface area contributed by atoms with Crippen LogP contribution in [0.25, 0.3) is 5.57 Å². The van der Waals surface area contributed by atoms with Crippen LogP contribution >= 0.6 is 0 Å². The number of ether oxygens (including phenoxy) is 1. The Labute approximate surface area is 130 Å². The third kappa shape index (κ3) is 2.65. The molecule has 0 unspecified atom stereocenters. The Morgan fingerprint density at radius 1 is 1.14 bits per heavy atom. The first-order chi connectivity index (χ1) is 10.5. The van der Waals surface area contributed by atoms with E-state index in [4.69, 9.17) is 10.5 Å². The first-order valence-electron chi connectivity index (χ1n) is 6.99. The average molecular weight is 315 g/mol. The van der Waals surface area contributed by atoms with Crippen molar-refractivity contribution in [1.82, 2.24) is 0 Å². The van der Waals surface area contributed by atoms with Gasteiger partial charge in [-0.25, -0.2) is 8.42 Å². The Morgan fingerprint density at radius 2 is 1.91 bits per heavy atom. The molecule has 0 saturated carbocycles. The molecule has 0 radical (unpaired) electrons. The molecule has 2 aromatic rings. The summed E-state index contributed by atoms with van der Waals surface area (Å²) in [5, 5.41) is 1.29. The topological polar surface area (TPSA) is 69.4 Å². The third-order valence-electron chi connectivity index (χ3n) is 3.71. The highest BCUT2D eigenvalue weighted by Gasteiger charge is 2.27. The van der Waals surface area contributed by atoms with E-state index in [1.54, 1.807) is 12.1 Å². The molecule has 5 heteroatoms. The normalized spacial score (nSPS) is 15.3. The van der Waals surface area contributed by atoms with Crippen LogP contribution in [0.15, 0.2) is 52.8 Å². The van der Waals surface area contributed by atoms with Crippen LogP contribution in [0.4, 0.5) is 0 Å². The number of hydrogen-bond donors (Lipinski definition) is 1. The van der Waals surface area contributed by atoms with E-state index in [0.29, 0.717) is 22.6 Å². The number of nitrogens with two attached hydrogens (primary N) is 1. The highest BCUT2D eigenvalue weighted by atomic mass is 32.2. The van der Waals surface area contributed by atoms with Gasteiger partial charge in [0.05, 0.1) is 4.90 Å². The first-order valence-corrected chi connectivity index (χ1v) is 8.53. The van der Waals surface area contributed by atoms with Gasteiger partial charge in [0.15, 0.2) is 0 Å². The molecule has 2 aromatic carbocycles. The monoisotopic (exact) mass is 315 g/mol. The molecule has 0 aromatic heterocycles. The Morgan fingerprint density at radius 3 is 2.64 bits per heavy atom. The van der Waals surface area contributed by atoms with E-state index in [1.807, 2.05) is 37.3 Å². The Bertz CT molecular complexity index is 854. The van der Waals surface area contributed by atoms with Gasteiger partial charge in [0.25, 0.3) is 0 Å². The van der Waals surface area contributed by atoms with Crippen molar-refractivity contribution < 1.29 is 13.2 Å². The van der Waals surface area contributed by atoms with E-state index in [9.17, 15) is 8.42 Å². The molecule has 0 saturated heterocycles. The van der Waals surface area contributed by atoms with Gasteiger partial charge in [0, 0.05) is 23.1 Å². The van der Waals surface area contributed by atoms with Crippen molar-refractivity contribution in [1.29, 1.82) is 0 Å². The van der Waals surface area contributed by atoms with Gasteiger partial charge in [-0.1, -0.05) is 30.3 Å². The Hall–Kier alpha value is -2.11. The molecule has 1 aliphatic heterocycles. The summed E-state index contributed by atoms with van der Waals surface area (Å²) in [6.07, 6.45) is 0. The summed E-state index contributed by atoms with van der Waals surface area (Å²) in [5.41, 5.74) is 8.77. The minimum absolute atomic E-state index is 0.221. The van der Waals surface area contributed by atoms with Crippen LogP contribution in [0.3, 0.4) is 0 Å². The average Bonchev–Trinajstić information content (AvgIpc) is 2.77. The molecule has 3 rings (SSSR count). The van der Waals surface area contributed by atoms with Crippen LogP contribution in [-0.2, 0) is 16.4 Å².